The minimum atomic E-state index is -0.637. The Morgan fingerprint density at radius 3 is 2.50 bits per heavy atom. The zero-order chi connectivity index (χ0) is 14.2. The number of nitrogens with one attached hydrogen (secondary N) is 1. The van der Waals surface area contributed by atoms with Crippen molar-refractivity contribution in [3.05, 3.63) is 66.0 Å². The SMILES string of the molecule is OC(CNc1ccccc1)COCc1ccccc1F. The molecule has 0 aliphatic heterocycles. The summed E-state index contributed by atoms with van der Waals surface area (Å²) in [5, 5.41) is 12.9. The van der Waals surface area contributed by atoms with Crippen LogP contribution in [0.2, 0.25) is 0 Å². The summed E-state index contributed by atoms with van der Waals surface area (Å²) in [7, 11) is 0. The lowest BCUT2D eigenvalue weighted by atomic mass is 10.2. The van der Waals surface area contributed by atoms with Crippen LogP contribution < -0.4 is 5.32 Å². The van der Waals surface area contributed by atoms with Gasteiger partial charge in [-0.2, -0.15) is 0 Å². The predicted octanol–water partition coefficient (Wildman–Crippen LogP) is 2.82. The minimum Gasteiger partial charge on any atom is -0.389 e. The number of hydrogen-bond donors (Lipinski definition) is 2. The number of benzene rings is 2. The summed E-state index contributed by atoms with van der Waals surface area (Å²) < 4.78 is 18.6. The highest BCUT2D eigenvalue weighted by Gasteiger charge is 2.06. The second-order valence-electron chi connectivity index (χ2n) is 4.51. The summed E-state index contributed by atoms with van der Waals surface area (Å²) in [5.74, 6) is -0.288. The lowest BCUT2D eigenvalue weighted by molar-refractivity contribution is 0.0338. The first-order valence-corrected chi connectivity index (χ1v) is 6.54. The van der Waals surface area contributed by atoms with Gasteiger partial charge in [-0.1, -0.05) is 36.4 Å². The Bertz CT molecular complexity index is 519. The van der Waals surface area contributed by atoms with Crippen LogP contribution in [0.15, 0.2) is 54.6 Å². The maximum absolute atomic E-state index is 13.3. The second-order valence-corrected chi connectivity index (χ2v) is 4.51. The van der Waals surface area contributed by atoms with Crippen molar-refractivity contribution in [2.45, 2.75) is 12.7 Å². The van der Waals surface area contributed by atoms with Crippen molar-refractivity contribution in [1.29, 1.82) is 0 Å². The molecule has 0 spiro atoms. The van der Waals surface area contributed by atoms with E-state index in [1.165, 1.54) is 6.07 Å². The zero-order valence-corrected chi connectivity index (χ0v) is 11.1. The highest BCUT2D eigenvalue weighted by molar-refractivity contribution is 5.42. The molecule has 0 saturated heterocycles. The fraction of sp³-hybridized carbons (Fsp3) is 0.250. The summed E-state index contributed by atoms with van der Waals surface area (Å²) in [6, 6.07) is 16.1. The quantitative estimate of drug-likeness (QED) is 0.816. The summed E-state index contributed by atoms with van der Waals surface area (Å²) in [4.78, 5) is 0. The number of para-hydroxylation sites is 1. The van der Waals surface area contributed by atoms with E-state index in [9.17, 15) is 9.50 Å². The van der Waals surface area contributed by atoms with E-state index in [0.29, 0.717) is 12.1 Å². The zero-order valence-electron chi connectivity index (χ0n) is 11.1. The molecule has 0 heterocycles. The number of aliphatic hydroxyl groups is 1. The van der Waals surface area contributed by atoms with Crippen molar-refractivity contribution in [1.82, 2.24) is 0 Å². The van der Waals surface area contributed by atoms with Gasteiger partial charge in [0.05, 0.1) is 19.3 Å². The fourth-order valence-electron chi connectivity index (χ4n) is 1.77. The molecule has 106 valence electrons. The summed E-state index contributed by atoms with van der Waals surface area (Å²) >= 11 is 0. The Hall–Kier alpha value is -1.91. The molecule has 4 heteroatoms. The number of halogens is 1. The van der Waals surface area contributed by atoms with Gasteiger partial charge in [0.15, 0.2) is 0 Å². The van der Waals surface area contributed by atoms with Crippen LogP contribution in [0.1, 0.15) is 5.56 Å². The summed E-state index contributed by atoms with van der Waals surface area (Å²) in [6.07, 6.45) is -0.637. The molecule has 1 unspecified atom stereocenters. The van der Waals surface area contributed by atoms with Crippen LogP contribution in [-0.4, -0.2) is 24.4 Å². The van der Waals surface area contributed by atoms with E-state index in [1.807, 2.05) is 30.3 Å². The number of hydrogen-bond acceptors (Lipinski definition) is 3. The lowest BCUT2D eigenvalue weighted by Crippen LogP contribution is -2.24. The van der Waals surface area contributed by atoms with Crippen LogP contribution in [0, 0.1) is 5.82 Å². The Morgan fingerprint density at radius 1 is 1.05 bits per heavy atom. The third-order valence-corrected chi connectivity index (χ3v) is 2.84. The van der Waals surface area contributed by atoms with Gasteiger partial charge in [0.25, 0.3) is 0 Å². The van der Waals surface area contributed by atoms with Gasteiger partial charge in [-0.15, -0.1) is 0 Å². The van der Waals surface area contributed by atoms with Crippen molar-refractivity contribution in [3.63, 3.8) is 0 Å². The van der Waals surface area contributed by atoms with Crippen molar-refractivity contribution >= 4 is 5.69 Å². The Kier molecular flexibility index (Phi) is 5.53. The van der Waals surface area contributed by atoms with E-state index >= 15 is 0 Å². The van der Waals surface area contributed by atoms with Crippen LogP contribution in [0.3, 0.4) is 0 Å². The Balaban J connectivity index is 1.68. The maximum atomic E-state index is 13.3. The van der Waals surface area contributed by atoms with Crippen LogP contribution in [-0.2, 0) is 11.3 Å². The molecular formula is C16H18FNO2. The molecular weight excluding hydrogens is 257 g/mol. The predicted molar refractivity (Wildman–Crippen MR) is 77.0 cm³/mol. The van der Waals surface area contributed by atoms with E-state index in [1.54, 1.807) is 18.2 Å². The highest BCUT2D eigenvalue weighted by Crippen LogP contribution is 2.08. The third kappa shape index (κ3) is 4.64. The average Bonchev–Trinajstić information content (AvgIpc) is 2.48. The van der Waals surface area contributed by atoms with Gasteiger partial charge in [-0.3, -0.25) is 0 Å². The molecule has 0 amide bonds. The molecule has 20 heavy (non-hydrogen) atoms. The van der Waals surface area contributed by atoms with Gasteiger partial charge >= 0.3 is 0 Å². The molecule has 0 fully saturated rings. The van der Waals surface area contributed by atoms with E-state index < -0.39 is 6.10 Å². The maximum Gasteiger partial charge on any atom is 0.128 e. The molecule has 2 aromatic rings. The molecule has 0 aromatic heterocycles. The first-order chi connectivity index (χ1) is 9.75. The van der Waals surface area contributed by atoms with Gasteiger partial charge in [0.2, 0.25) is 0 Å². The van der Waals surface area contributed by atoms with Gasteiger partial charge in [0.1, 0.15) is 5.82 Å². The van der Waals surface area contributed by atoms with E-state index in [4.69, 9.17) is 4.74 Å². The molecule has 2 aromatic carbocycles. The molecule has 0 radical (unpaired) electrons. The van der Waals surface area contributed by atoms with Crippen molar-refractivity contribution in [2.75, 3.05) is 18.5 Å². The van der Waals surface area contributed by atoms with E-state index in [2.05, 4.69) is 5.32 Å². The van der Waals surface area contributed by atoms with Crippen LogP contribution >= 0.6 is 0 Å². The third-order valence-electron chi connectivity index (χ3n) is 2.84. The van der Waals surface area contributed by atoms with Crippen LogP contribution in [0.5, 0.6) is 0 Å². The normalized spacial score (nSPS) is 12.1. The first kappa shape index (κ1) is 14.5. The number of anilines is 1. The molecule has 0 saturated carbocycles. The largest absolute Gasteiger partial charge is 0.389 e. The molecule has 0 aliphatic carbocycles. The van der Waals surface area contributed by atoms with Gasteiger partial charge in [0, 0.05) is 17.8 Å². The summed E-state index contributed by atoms with van der Waals surface area (Å²) in [5.41, 5.74) is 1.44. The Morgan fingerprint density at radius 2 is 1.75 bits per heavy atom. The number of aliphatic hydroxyl groups excluding tert-OH is 1. The smallest absolute Gasteiger partial charge is 0.128 e. The van der Waals surface area contributed by atoms with Crippen LogP contribution in [0.25, 0.3) is 0 Å². The monoisotopic (exact) mass is 275 g/mol. The van der Waals surface area contributed by atoms with Gasteiger partial charge in [-0.25, -0.2) is 4.39 Å². The van der Waals surface area contributed by atoms with Crippen molar-refractivity contribution < 1.29 is 14.2 Å². The number of rotatable bonds is 7. The van der Waals surface area contributed by atoms with Crippen molar-refractivity contribution in [2.24, 2.45) is 0 Å². The molecule has 0 bridgehead atoms. The van der Waals surface area contributed by atoms with Crippen molar-refractivity contribution in [3.8, 4) is 0 Å². The highest BCUT2D eigenvalue weighted by atomic mass is 19.1. The molecule has 3 nitrogen and oxygen atoms in total. The molecule has 1 atom stereocenters. The minimum absolute atomic E-state index is 0.161. The average molecular weight is 275 g/mol. The number of ether oxygens (including phenoxy) is 1. The fourth-order valence-corrected chi connectivity index (χ4v) is 1.77. The van der Waals surface area contributed by atoms with Gasteiger partial charge in [-0.05, 0) is 18.2 Å². The van der Waals surface area contributed by atoms with E-state index in [0.717, 1.165) is 5.69 Å². The standard InChI is InChI=1S/C16H18FNO2/c17-16-9-5-4-6-13(16)11-20-12-15(19)10-18-14-7-2-1-3-8-14/h1-9,15,18-19H,10-12H2. The Labute approximate surface area is 118 Å². The van der Waals surface area contributed by atoms with E-state index in [-0.39, 0.29) is 19.0 Å². The lowest BCUT2D eigenvalue weighted by Gasteiger charge is -2.13. The summed E-state index contributed by atoms with van der Waals surface area (Å²) in [6.45, 7) is 0.713. The van der Waals surface area contributed by atoms with Crippen LogP contribution in [0.4, 0.5) is 10.1 Å². The molecule has 2 rings (SSSR count). The first-order valence-electron chi connectivity index (χ1n) is 6.54. The molecule has 2 N–H and O–H groups in total. The second kappa shape index (κ2) is 7.62. The van der Waals surface area contributed by atoms with Gasteiger partial charge < -0.3 is 15.2 Å². The molecule has 0 aliphatic rings. The topological polar surface area (TPSA) is 41.5 Å².